The van der Waals surface area contributed by atoms with Gasteiger partial charge in [-0.2, -0.15) is 0 Å². The first kappa shape index (κ1) is 16.4. The number of likely N-dealkylation sites (N-methyl/N-ethyl adjacent to an activating group) is 1. The molecule has 2 N–H and O–H groups in total. The number of nitrogens with one attached hydrogen (secondary N) is 2. The lowest BCUT2D eigenvalue weighted by molar-refractivity contribution is -0.115. The molecule has 0 radical (unpaired) electrons. The van der Waals surface area contributed by atoms with Crippen LogP contribution in [0.5, 0.6) is 0 Å². The number of rotatable bonds is 9. The van der Waals surface area contributed by atoms with Gasteiger partial charge in [-0.05, 0) is 32.5 Å². The Morgan fingerprint density at radius 2 is 1.60 bits per heavy atom. The summed E-state index contributed by atoms with van der Waals surface area (Å²) in [5, 5.41) is 5.78. The second-order valence-electron chi connectivity index (χ2n) is 4.76. The molecular formula is C15H25N3O2. The number of carbonyl (C=O) groups excluding carboxylic acids is 2. The number of hydrogen-bond acceptors (Lipinski definition) is 5. The molecule has 20 heavy (non-hydrogen) atoms. The van der Waals surface area contributed by atoms with Crippen LogP contribution in [0.4, 0.5) is 0 Å². The van der Waals surface area contributed by atoms with Crippen LogP contribution in [0, 0.1) is 0 Å². The highest BCUT2D eigenvalue weighted by atomic mass is 16.1. The van der Waals surface area contributed by atoms with Gasteiger partial charge in [0.25, 0.3) is 0 Å². The Hall–Kier alpha value is -1.62. The Kier molecular flexibility index (Phi) is 7.01. The highest BCUT2D eigenvalue weighted by molar-refractivity contribution is 6.19. The second-order valence-corrected chi connectivity index (χ2v) is 4.76. The van der Waals surface area contributed by atoms with Crippen LogP contribution in [-0.4, -0.2) is 49.7 Å². The highest BCUT2D eigenvalue weighted by Crippen LogP contribution is 2.07. The summed E-state index contributed by atoms with van der Waals surface area (Å²) in [4.78, 5) is 25.8. The molecule has 0 aromatic carbocycles. The summed E-state index contributed by atoms with van der Waals surface area (Å²) in [6.45, 7) is 8.24. The van der Waals surface area contributed by atoms with E-state index in [1.54, 1.807) is 7.05 Å². The zero-order valence-corrected chi connectivity index (χ0v) is 12.7. The van der Waals surface area contributed by atoms with Gasteiger partial charge in [0, 0.05) is 25.7 Å². The van der Waals surface area contributed by atoms with Crippen LogP contribution >= 0.6 is 0 Å². The first-order valence-corrected chi connectivity index (χ1v) is 7.28. The van der Waals surface area contributed by atoms with Crippen LogP contribution in [0.2, 0.25) is 0 Å². The van der Waals surface area contributed by atoms with Gasteiger partial charge in [0.1, 0.15) is 0 Å². The van der Waals surface area contributed by atoms with Gasteiger partial charge < -0.3 is 15.5 Å². The molecule has 0 unspecified atom stereocenters. The maximum atomic E-state index is 11.8. The molecule has 0 atom stereocenters. The van der Waals surface area contributed by atoms with E-state index in [4.69, 9.17) is 0 Å². The first-order valence-electron chi connectivity index (χ1n) is 7.28. The molecule has 0 aliphatic heterocycles. The fraction of sp³-hybridized carbons (Fsp3) is 0.600. The summed E-state index contributed by atoms with van der Waals surface area (Å²) in [6.07, 6.45) is 4.79. The molecule has 0 saturated heterocycles. The largest absolute Gasteiger partial charge is 0.385 e. The normalized spacial score (nSPS) is 15.2. The van der Waals surface area contributed by atoms with Gasteiger partial charge in [0.15, 0.2) is 0 Å². The summed E-state index contributed by atoms with van der Waals surface area (Å²) in [5.41, 5.74) is 0.749. The fourth-order valence-corrected chi connectivity index (χ4v) is 2.12. The van der Waals surface area contributed by atoms with E-state index in [1.165, 1.54) is 12.2 Å². The van der Waals surface area contributed by atoms with Crippen molar-refractivity contribution in [3.8, 4) is 0 Å². The standard InChI is InChI=1S/C15H25N3O2/c1-4-18(5-2)9-7-6-8-17-13-11-14(19)12(16-3)10-15(13)20/h10-11,16-17H,4-9H2,1-3H3. The monoisotopic (exact) mass is 279 g/mol. The minimum absolute atomic E-state index is 0.141. The van der Waals surface area contributed by atoms with E-state index in [2.05, 4.69) is 29.4 Å². The van der Waals surface area contributed by atoms with Crippen molar-refractivity contribution in [3.63, 3.8) is 0 Å². The molecule has 1 aliphatic rings. The van der Waals surface area contributed by atoms with Crippen LogP contribution in [0.3, 0.4) is 0 Å². The zero-order chi connectivity index (χ0) is 15.0. The van der Waals surface area contributed by atoms with Crippen LogP contribution in [0.15, 0.2) is 23.5 Å². The van der Waals surface area contributed by atoms with Gasteiger partial charge >= 0.3 is 0 Å². The molecule has 0 amide bonds. The van der Waals surface area contributed by atoms with E-state index in [0.29, 0.717) is 11.4 Å². The van der Waals surface area contributed by atoms with Gasteiger partial charge in [0.2, 0.25) is 11.6 Å². The van der Waals surface area contributed by atoms with Gasteiger partial charge in [-0.3, -0.25) is 9.59 Å². The van der Waals surface area contributed by atoms with Crippen molar-refractivity contribution in [2.75, 3.05) is 33.2 Å². The van der Waals surface area contributed by atoms with Crippen LogP contribution in [-0.2, 0) is 9.59 Å². The van der Waals surface area contributed by atoms with Gasteiger partial charge in [-0.25, -0.2) is 0 Å². The smallest absolute Gasteiger partial charge is 0.203 e. The summed E-state index contributed by atoms with van der Waals surface area (Å²) in [7, 11) is 1.64. The first-order chi connectivity index (χ1) is 9.62. The summed E-state index contributed by atoms with van der Waals surface area (Å²) >= 11 is 0. The van der Waals surface area contributed by atoms with E-state index >= 15 is 0 Å². The molecule has 0 fully saturated rings. The molecule has 0 bridgehead atoms. The average molecular weight is 279 g/mol. The fourth-order valence-electron chi connectivity index (χ4n) is 2.12. The Morgan fingerprint density at radius 3 is 2.20 bits per heavy atom. The van der Waals surface area contributed by atoms with E-state index in [9.17, 15) is 9.59 Å². The van der Waals surface area contributed by atoms with Crippen molar-refractivity contribution in [2.45, 2.75) is 26.7 Å². The zero-order valence-electron chi connectivity index (χ0n) is 12.7. The topological polar surface area (TPSA) is 61.4 Å². The van der Waals surface area contributed by atoms with Crippen LogP contribution in [0.25, 0.3) is 0 Å². The summed E-state index contributed by atoms with van der Waals surface area (Å²) < 4.78 is 0. The minimum Gasteiger partial charge on any atom is -0.385 e. The third kappa shape index (κ3) is 4.81. The second kappa shape index (κ2) is 8.53. The van der Waals surface area contributed by atoms with Gasteiger partial charge in [0.05, 0.1) is 11.4 Å². The Balaban J connectivity index is 2.30. The number of allylic oxidation sites excluding steroid dienone is 2. The Morgan fingerprint density at radius 1 is 1.00 bits per heavy atom. The summed E-state index contributed by atoms with van der Waals surface area (Å²) in [5.74, 6) is -0.296. The molecular weight excluding hydrogens is 254 g/mol. The van der Waals surface area contributed by atoms with Crippen molar-refractivity contribution in [2.24, 2.45) is 0 Å². The molecule has 1 rings (SSSR count). The van der Waals surface area contributed by atoms with Crippen molar-refractivity contribution in [3.05, 3.63) is 23.5 Å². The van der Waals surface area contributed by atoms with Crippen molar-refractivity contribution in [1.29, 1.82) is 0 Å². The number of hydrogen-bond donors (Lipinski definition) is 2. The molecule has 0 aromatic rings. The number of ketones is 2. The SMILES string of the molecule is CCN(CC)CCCCNC1=CC(=O)C(NC)=CC1=O. The predicted molar refractivity (Wildman–Crippen MR) is 80.3 cm³/mol. The molecule has 0 heterocycles. The maximum absolute atomic E-state index is 11.8. The lowest BCUT2D eigenvalue weighted by atomic mass is 10.1. The highest BCUT2D eigenvalue weighted by Gasteiger charge is 2.18. The molecule has 1 aliphatic carbocycles. The van der Waals surface area contributed by atoms with E-state index in [-0.39, 0.29) is 11.6 Å². The predicted octanol–water partition coefficient (Wildman–Crippen LogP) is 0.837. The molecule has 5 heteroatoms. The van der Waals surface area contributed by atoms with Crippen molar-refractivity contribution < 1.29 is 9.59 Å². The molecule has 5 nitrogen and oxygen atoms in total. The maximum Gasteiger partial charge on any atom is 0.203 e. The van der Waals surface area contributed by atoms with Crippen LogP contribution < -0.4 is 10.6 Å². The molecule has 112 valence electrons. The third-order valence-corrected chi connectivity index (χ3v) is 3.46. The average Bonchev–Trinajstić information content (AvgIpc) is 2.45. The van der Waals surface area contributed by atoms with E-state index in [0.717, 1.165) is 39.0 Å². The number of nitrogens with zero attached hydrogens (tertiary/aromatic N) is 1. The number of unbranched alkanes of at least 4 members (excludes halogenated alkanes) is 1. The minimum atomic E-state index is -0.155. The Bertz CT molecular complexity index is 409. The molecule has 0 spiro atoms. The van der Waals surface area contributed by atoms with Gasteiger partial charge in [-0.15, -0.1) is 0 Å². The molecule has 0 saturated carbocycles. The van der Waals surface area contributed by atoms with E-state index in [1.807, 2.05) is 0 Å². The van der Waals surface area contributed by atoms with E-state index < -0.39 is 0 Å². The van der Waals surface area contributed by atoms with Crippen molar-refractivity contribution >= 4 is 11.6 Å². The number of carbonyl (C=O) groups is 2. The quantitative estimate of drug-likeness (QED) is 0.484. The lowest BCUT2D eigenvalue weighted by Gasteiger charge is -2.18. The summed E-state index contributed by atoms with van der Waals surface area (Å²) in [6, 6.07) is 0. The van der Waals surface area contributed by atoms with Gasteiger partial charge in [-0.1, -0.05) is 13.8 Å². The van der Waals surface area contributed by atoms with Crippen molar-refractivity contribution in [1.82, 2.24) is 15.5 Å². The van der Waals surface area contributed by atoms with Crippen LogP contribution in [0.1, 0.15) is 26.7 Å². The lowest BCUT2D eigenvalue weighted by Crippen LogP contribution is -2.29. The Labute approximate surface area is 121 Å². The third-order valence-electron chi connectivity index (χ3n) is 3.46. The molecule has 0 aromatic heterocycles.